The molecule has 0 saturated heterocycles. The first-order valence-electron chi connectivity index (χ1n) is 6.13. The van der Waals surface area contributed by atoms with Crippen LogP contribution in [0, 0.1) is 5.82 Å². The van der Waals surface area contributed by atoms with Gasteiger partial charge in [0, 0.05) is 5.69 Å². The predicted molar refractivity (Wildman–Crippen MR) is 76.9 cm³/mol. The molecule has 0 fully saturated rings. The Morgan fingerprint density at radius 2 is 1.21 bits per heavy atom. The van der Waals surface area contributed by atoms with Gasteiger partial charge in [0.25, 0.3) is 19.9 Å². The summed E-state index contributed by atoms with van der Waals surface area (Å²) in [4.78, 5) is -1.28. The summed E-state index contributed by atoms with van der Waals surface area (Å²) in [7, 11) is -9.61. The maximum Gasteiger partial charge on any atom is 0.501 e. The molecule has 11 heteroatoms. The van der Waals surface area contributed by atoms with Crippen LogP contribution in [-0.4, -0.2) is 22.3 Å². The van der Waals surface area contributed by atoms with E-state index >= 15 is 0 Å². The first kappa shape index (κ1) is 18.2. The normalized spacial score (nSPS) is 12.8. The third-order valence-electron chi connectivity index (χ3n) is 2.85. The third-order valence-corrected chi connectivity index (χ3v) is 5.74. The molecule has 24 heavy (non-hydrogen) atoms. The van der Waals surface area contributed by atoms with Gasteiger partial charge in [-0.25, -0.2) is 21.2 Å². The minimum absolute atomic E-state index is 0.152. The van der Waals surface area contributed by atoms with E-state index in [1.54, 1.807) is 0 Å². The predicted octanol–water partition coefficient (Wildman–Crippen LogP) is 2.92. The lowest BCUT2D eigenvalue weighted by atomic mass is 10.3. The second-order valence-electron chi connectivity index (χ2n) is 4.53. The maximum absolute atomic E-state index is 12.8. The van der Waals surface area contributed by atoms with Crippen molar-refractivity contribution in [3.05, 3.63) is 54.3 Å². The highest BCUT2D eigenvalue weighted by molar-refractivity contribution is 7.93. The molecule has 2 rings (SSSR count). The van der Waals surface area contributed by atoms with Crippen molar-refractivity contribution in [2.24, 2.45) is 0 Å². The zero-order chi connectivity index (χ0) is 18.2. The van der Waals surface area contributed by atoms with E-state index in [0.29, 0.717) is 12.1 Å². The Morgan fingerprint density at radius 3 is 1.67 bits per heavy atom. The van der Waals surface area contributed by atoms with Gasteiger partial charge in [0.2, 0.25) is 0 Å². The van der Waals surface area contributed by atoms with Crippen molar-refractivity contribution in [3.63, 3.8) is 0 Å². The summed E-state index contributed by atoms with van der Waals surface area (Å²) in [6.07, 6.45) is 0. The lowest BCUT2D eigenvalue weighted by Gasteiger charge is -2.10. The Morgan fingerprint density at radius 1 is 0.750 bits per heavy atom. The third kappa shape index (κ3) is 3.67. The number of rotatable bonds is 4. The zero-order valence-electron chi connectivity index (χ0n) is 11.6. The van der Waals surface area contributed by atoms with Gasteiger partial charge in [-0.1, -0.05) is 0 Å². The molecule has 0 heterocycles. The van der Waals surface area contributed by atoms with E-state index in [1.807, 2.05) is 4.72 Å². The average Bonchev–Trinajstić information content (AvgIpc) is 2.46. The summed E-state index contributed by atoms with van der Waals surface area (Å²) in [5.41, 5.74) is -5.61. The van der Waals surface area contributed by atoms with Gasteiger partial charge < -0.3 is 0 Å². The Labute approximate surface area is 134 Å². The van der Waals surface area contributed by atoms with Crippen molar-refractivity contribution >= 4 is 25.5 Å². The van der Waals surface area contributed by atoms with Crippen molar-refractivity contribution in [3.8, 4) is 0 Å². The number of benzene rings is 2. The van der Waals surface area contributed by atoms with Gasteiger partial charge in [-0.15, -0.1) is 0 Å². The molecular formula is C13H9F4NO4S2. The smallest absolute Gasteiger partial charge is 0.280 e. The van der Waals surface area contributed by atoms with E-state index in [1.165, 1.54) is 0 Å². The molecule has 0 atom stereocenters. The number of halogens is 4. The van der Waals surface area contributed by atoms with Crippen LogP contribution >= 0.6 is 0 Å². The molecule has 1 N–H and O–H groups in total. The molecule has 130 valence electrons. The second kappa shape index (κ2) is 6.06. The molecule has 0 bridgehead atoms. The van der Waals surface area contributed by atoms with Crippen LogP contribution < -0.4 is 4.72 Å². The summed E-state index contributed by atoms with van der Waals surface area (Å²) in [6.45, 7) is 0. The number of sulfone groups is 1. The van der Waals surface area contributed by atoms with Gasteiger partial charge in [0.15, 0.2) is 0 Å². The minimum atomic E-state index is -5.51. The summed E-state index contributed by atoms with van der Waals surface area (Å²) in [6, 6.07) is 6.86. The van der Waals surface area contributed by atoms with Crippen molar-refractivity contribution in [1.82, 2.24) is 0 Å². The van der Waals surface area contributed by atoms with Crippen molar-refractivity contribution in [1.29, 1.82) is 0 Å². The average molecular weight is 383 g/mol. The van der Waals surface area contributed by atoms with E-state index in [0.717, 1.165) is 36.4 Å². The van der Waals surface area contributed by atoms with Crippen LogP contribution in [0.15, 0.2) is 58.3 Å². The van der Waals surface area contributed by atoms with Crippen molar-refractivity contribution in [2.75, 3.05) is 4.72 Å². The van der Waals surface area contributed by atoms with E-state index < -0.39 is 36.1 Å². The molecule has 0 aromatic heterocycles. The van der Waals surface area contributed by atoms with Crippen LogP contribution in [0.25, 0.3) is 0 Å². The summed E-state index contributed by atoms with van der Waals surface area (Å²) in [5.74, 6) is -0.643. The molecule has 0 spiro atoms. The van der Waals surface area contributed by atoms with Gasteiger partial charge >= 0.3 is 5.51 Å². The standard InChI is InChI=1S/C13H9F4NO4S2/c14-9-1-5-12(6-2-9)24(21,22)18-10-3-7-11(8-4-10)23(19,20)13(15,16)17/h1-8,18H. The Kier molecular flexibility index (Phi) is 4.59. The van der Waals surface area contributed by atoms with E-state index in [4.69, 9.17) is 0 Å². The van der Waals surface area contributed by atoms with Crippen LogP contribution in [-0.2, 0) is 19.9 Å². The zero-order valence-corrected chi connectivity index (χ0v) is 13.2. The lowest BCUT2D eigenvalue weighted by molar-refractivity contribution is -0.0436. The highest BCUT2D eigenvalue weighted by Crippen LogP contribution is 2.30. The highest BCUT2D eigenvalue weighted by Gasteiger charge is 2.46. The van der Waals surface area contributed by atoms with Gasteiger partial charge in [0.1, 0.15) is 5.82 Å². The molecule has 0 unspecified atom stereocenters. The molecule has 0 saturated carbocycles. The first-order valence-corrected chi connectivity index (χ1v) is 9.10. The minimum Gasteiger partial charge on any atom is -0.280 e. The second-order valence-corrected chi connectivity index (χ2v) is 8.16. The SMILES string of the molecule is O=S(=O)(Nc1ccc(S(=O)(=O)C(F)(F)F)cc1)c1ccc(F)cc1. The number of anilines is 1. The molecule has 2 aromatic carbocycles. The molecule has 5 nitrogen and oxygen atoms in total. The van der Waals surface area contributed by atoms with Crippen LogP contribution in [0.4, 0.5) is 23.2 Å². The summed E-state index contributed by atoms with van der Waals surface area (Å²) >= 11 is 0. The van der Waals surface area contributed by atoms with E-state index in [-0.39, 0.29) is 10.6 Å². The number of sulfonamides is 1. The number of hydrogen-bond acceptors (Lipinski definition) is 4. The molecule has 0 aliphatic carbocycles. The Bertz CT molecular complexity index is 935. The Balaban J connectivity index is 2.28. The number of alkyl halides is 3. The van der Waals surface area contributed by atoms with Gasteiger partial charge in [-0.3, -0.25) is 4.72 Å². The summed E-state index contributed by atoms with van der Waals surface area (Å²) in [5, 5.41) is 0. The summed E-state index contributed by atoms with van der Waals surface area (Å²) < 4.78 is 98.5. The lowest BCUT2D eigenvalue weighted by Crippen LogP contribution is -2.23. The monoisotopic (exact) mass is 383 g/mol. The van der Waals surface area contributed by atoms with Crippen molar-refractivity contribution < 1.29 is 34.4 Å². The fourth-order valence-corrected chi connectivity index (χ4v) is 3.48. The van der Waals surface area contributed by atoms with Crippen LogP contribution in [0.1, 0.15) is 0 Å². The van der Waals surface area contributed by atoms with Gasteiger partial charge in [-0.05, 0) is 48.5 Å². The molecule has 0 amide bonds. The van der Waals surface area contributed by atoms with Crippen LogP contribution in [0.2, 0.25) is 0 Å². The Hall–Kier alpha value is -2.14. The first-order chi connectivity index (χ1) is 10.9. The quantitative estimate of drug-likeness (QED) is 0.824. The van der Waals surface area contributed by atoms with Gasteiger partial charge in [0.05, 0.1) is 9.79 Å². The maximum atomic E-state index is 12.8. The number of nitrogens with one attached hydrogen (secondary N) is 1. The molecule has 0 aliphatic heterocycles. The molecular weight excluding hydrogens is 374 g/mol. The molecule has 0 radical (unpaired) electrons. The van der Waals surface area contributed by atoms with Crippen LogP contribution in [0.3, 0.4) is 0 Å². The van der Waals surface area contributed by atoms with E-state index in [2.05, 4.69) is 0 Å². The van der Waals surface area contributed by atoms with Crippen molar-refractivity contribution in [2.45, 2.75) is 15.3 Å². The molecule has 0 aliphatic rings. The fraction of sp³-hybridized carbons (Fsp3) is 0.0769. The van der Waals surface area contributed by atoms with Crippen LogP contribution in [0.5, 0.6) is 0 Å². The highest BCUT2D eigenvalue weighted by atomic mass is 32.2. The largest absolute Gasteiger partial charge is 0.501 e. The fourth-order valence-electron chi connectivity index (χ4n) is 1.66. The van der Waals surface area contributed by atoms with Gasteiger partial charge in [-0.2, -0.15) is 13.2 Å². The molecule has 2 aromatic rings. The number of hydrogen-bond donors (Lipinski definition) is 1. The van der Waals surface area contributed by atoms with E-state index in [9.17, 15) is 34.4 Å². The topological polar surface area (TPSA) is 80.3 Å².